The molecule has 0 aliphatic carbocycles. The van der Waals surface area contributed by atoms with Crippen molar-refractivity contribution in [1.29, 1.82) is 0 Å². The Morgan fingerprint density at radius 2 is 0.444 bits per heavy atom. The average molecular weight is 913 g/mol. The molecule has 0 fully saturated rings. The Morgan fingerprint density at radius 1 is 0.181 bits per heavy atom. The molecule has 15 aromatic rings. The number of anilines is 6. The summed E-state index contributed by atoms with van der Waals surface area (Å²) in [7, 11) is 0. The minimum Gasteiger partial charge on any atom is -0.310 e. The first-order valence-electron chi connectivity index (χ1n) is 24.9. The minimum atomic E-state index is 1.11. The van der Waals surface area contributed by atoms with Gasteiger partial charge in [0, 0.05) is 34.1 Å². The van der Waals surface area contributed by atoms with E-state index in [0.29, 0.717) is 0 Å². The van der Waals surface area contributed by atoms with E-state index < -0.39 is 0 Å². The molecule has 0 spiro atoms. The maximum absolute atomic E-state index is 2.39. The van der Waals surface area contributed by atoms with Crippen LogP contribution < -0.4 is 9.80 Å². The Bertz CT molecular complexity index is 4060. The van der Waals surface area contributed by atoms with Crippen molar-refractivity contribution in [3.8, 4) is 22.3 Å². The number of hydrogen-bond acceptors (Lipinski definition) is 2. The van der Waals surface area contributed by atoms with Crippen LogP contribution in [-0.2, 0) is 0 Å². The average Bonchev–Trinajstić information content (AvgIpc) is 3.44. The quantitative estimate of drug-likeness (QED) is 0.111. The summed E-state index contributed by atoms with van der Waals surface area (Å²) in [5, 5.41) is 20.3. The van der Waals surface area contributed by atoms with E-state index in [0.717, 1.165) is 34.1 Å². The molecule has 2 nitrogen and oxygen atoms in total. The standard InChI is InChI=1S/C70H44N2/c1-3-17-55(18-4-1)71(59-41-51-29-25-45-13-11-14-46-26-30-52(42-59)67(51)65(45)46)57-37-33-49(34-38-57)69-61-21-7-9-23-63(61)70(64-24-10-8-22-62(64)69)50-35-39-58(40-36-50)72(56-19-5-2-6-20-56)60-43-53-31-27-47-15-12-16-48-28-32-54(44-60)68(53)66(47)48/h1-44H. The third kappa shape index (κ3) is 6.29. The third-order valence-corrected chi connectivity index (χ3v) is 15.2. The van der Waals surface area contributed by atoms with Gasteiger partial charge in [-0.15, -0.1) is 0 Å². The van der Waals surface area contributed by atoms with Crippen molar-refractivity contribution in [3.63, 3.8) is 0 Å². The molecule has 0 aliphatic heterocycles. The first-order valence-corrected chi connectivity index (χ1v) is 24.9. The fraction of sp³-hybridized carbons (Fsp3) is 0. The lowest BCUT2D eigenvalue weighted by Gasteiger charge is -2.27. The van der Waals surface area contributed by atoms with Gasteiger partial charge in [-0.1, -0.05) is 194 Å². The number of hydrogen-bond donors (Lipinski definition) is 0. The second kappa shape index (κ2) is 16.0. The van der Waals surface area contributed by atoms with Crippen LogP contribution in [0.4, 0.5) is 34.1 Å². The predicted molar refractivity (Wildman–Crippen MR) is 309 cm³/mol. The molecule has 15 aromatic carbocycles. The third-order valence-electron chi connectivity index (χ3n) is 15.2. The minimum absolute atomic E-state index is 1.11. The van der Waals surface area contributed by atoms with Crippen molar-refractivity contribution in [2.75, 3.05) is 9.80 Å². The van der Waals surface area contributed by atoms with Crippen molar-refractivity contribution in [2.24, 2.45) is 0 Å². The first-order chi connectivity index (χ1) is 35.7. The smallest absolute Gasteiger partial charge is 0.0473 e. The Morgan fingerprint density at radius 3 is 0.764 bits per heavy atom. The Balaban J connectivity index is 0.838. The molecule has 0 unspecified atom stereocenters. The lowest BCUT2D eigenvalue weighted by atomic mass is 9.86. The highest BCUT2D eigenvalue weighted by molar-refractivity contribution is 6.26. The Hall–Kier alpha value is -9.50. The largest absolute Gasteiger partial charge is 0.310 e. The summed E-state index contributed by atoms with van der Waals surface area (Å²) < 4.78 is 0. The maximum Gasteiger partial charge on any atom is 0.0473 e. The van der Waals surface area contributed by atoms with E-state index in [4.69, 9.17) is 0 Å². The summed E-state index contributed by atoms with van der Waals surface area (Å²) in [4.78, 5) is 4.79. The maximum atomic E-state index is 2.39. The van der Waals surface area contributed by atoms with Crippen LogP contribution in [0.5, 0.6) is 0 Å². The van der Waals surface area contributed by atoms with Gasteiger partial charge in [0.15, 0.2) is 0 Å². The summed E-state index contributed by atoms with van der Waals surface area (Å²) in [6, 6.07) is 98.6. The molecule has 2 heteroatoms. The molecule has 15 rings (SSSR count). The van der Waals surface area contributed by atoms with E-state index >= 15 is 0 Å². The van der Waals surface area contributed by atoms with Crippen molar-refractivity contribution in [1.82, 2.24) is 0 Å². The van der Waals surface area contributed by atoms with Gasteiger partial charge in [-0.05, 0) is 181 Å². The Kier molecular flexibility index (Phi) is 8.99. The molecule has 0 saturated carbocycles. The van der Waals surface area contributed by atoms with Gasteiger partial charge in [0.05, 0.1) is 0 Å². The van der Waals surface area contributed by atoms with Crippen molar-refractivity contribution in [3.05, 3.63) is 267 Å². The van der Waals surface area contributed by atoms with Gasteiger partial charge in [-0.3, -0.25) is 0 Å². The van der Waals surface area contributed by atoms with Crippen LogP contribution in [0.15, 0.2) is 267 Å². The summed E-state index contributed by atoms with van der Waals surface area (Å²) >= 11 is 0. The van der Waals surface area contributed by atoms with E-state index in [1.54, 1.807) is 0 Å². The molecule has 0 aromatic heterocycles. The highest BCUT2D eigenvalue weighted by Gasteiger charge is 2.21. The zero-order chi connectivity index (χ0) is 47.3. The molecular weight excluding hydrogens is 869 g/mol. The van der Waals surface area contributed by atoms with Gasteiger partial charge in [-0.25, -0.2) is 0 Å². The number of rotatable bonds is 8. The second-order valence-corrected chi connectivity index (χ2v) is 19.2. The van der Waals surface area contributed by atoms with E-state index in [2.05, 4.69) is 277 Å². The van der Waals surface area contributed by atoms with Crippen molar-refractivity contribution < 1.29 is 0 Å². The number of fused-ring (bicyclic) bond motifs is 2. The molecule has 0 radical (unpaired) electrons. The second-order valence-electron chi connectivity index (χ2n) is 19.2. The van der Waals surface area contributed by atoms with Gasteiger partial charge in [0.2, 0.25) is 0 Å². The molecule has 0 amide bonds. The summed E-state index contributed by atoms with van der Waals surface area (Å²) in [6.07, 6.45) is 0. The summed E-state index contributed by atoms with van der Waals surface area (Å²) in [5.41, 5.74) is 11.6. The highest BCUT2D eigenvalue weighted by atomic mass is 15.1. The van der Waals surface area contributed by atoms with Crippen LogP contribution >= 0.6 is 0 Å². The van der Waals surface area contributed by atoms with Gasteiger partial charge in [0.1, 0.15) is 0 Å². The molecule has 0 atom stereocenters. The van der Waals surface area contributed by atoms with Crippen LogP contribution in [0, 0.1) is 0 Å². The monoisotopic (exact) mass is 912 g/mol. The summed E-state index contributed by atoms with van der Waals surface area (Å²) in [6.45, 7) is 0. The van der Waals surface area contributed by atoms with Gasteiger partial charge < -0.3 is 9.80 Å². The van der Waals surface area contributed by atoms with Crippen molar-refractivity contribution in [2.45, 2.75) is 0 Å². The first kappa shape index (κ1) is 40.4. The van der Waals surface area contributed by atoms with E-state index in [1.807, 2.05) is 0 Å². The molecule has 0 N–H and O–H groups in total. The van der Waals surface area contributed by atoms with Crippen LogP contribution in [0.3, 0.4) is 0 Å². The van der Waals surface area contributed by atoms with E-state index in [1.165, 1.54) is 108 Å². The highest BCUT2D eigenvalue weighted by Crippen LogP contribution is 2.47. The topological polar surface area (TPSA) is 6.48 Å². The zero-order valence-corrected chi connectivity index (χ0v) is 39.3. The lowest BCUT2D eigenvalue weighted by Crippen LogP contribution is -2.10. The fourth-order valence-electron chi connectivity index (χ4n) is 12.1. The molecule has 0 aliphatic rings. The lowest BCUT2D eigenvalue weighted by molar-refractivity contribution is 1.29. The van der Waals surface area contributed by atoms with E-state index in [-0.39, 0.29) is 0 Å². The molecule has 72 heavy (non-hydrogen) atoms. The van der Waals surface area contributed by atoms with E-state index in [9.17, 15) is 0 Å². The molecular formula is C70H44N2. The Labute approximate surface area is 417 Å². The molecule has 0 bridgehead atoms. The summed E-state index contributed by atoms with van der Waals surface area (Å²) in [5.74, 6) is 0. The fourth-order valence-corrected chi connectivity index (χ4v) is 12.1. The SMILES string of the molecule is c1ccc(N(c2ccc(-c3c4ccccc4c(-c4ccc(N(c5ccccc5)c5cc6ccc7cccc8ccc(c5)c6c78)cc4)c4ccccc34)cc2)c2cc3ccc4cccc5ccc(c2)c3c45)cc1. The van der Waals surface area contributed by atoms with Crippen molar-refractivity contribution >= 4 is 120 Å². The normalized spacial score (nSPS) is 11.9. The van der Waals surface area contributed by atoms with Crippen LogP contribution in [0.1, 0.15) is 0 Å². The van der Waals surface area contributed by atoms with Gasteiger partial charge in [0.25, 0.3) is 0 Å². The van der Waals surface area contributed by atoms with Crippen LogP contribution in [-0.4, -0.2) is 0 Å². The number of para-hydroxylation sites is 2. The van der Waals surface area contributed by atoms with Crippen LogP contribution in [0.2, 0.25) is 0 Å². The molecule has 334 valence electrons. The number of nitrogens with zero attached hydrogens (tertiary/aromatic N) is 2. The van der Waals surface area contributed by atoms with Gasteiger partial charge >= 0.3 is 0 Å². The molecule has 0 saturated heterocycles. The number of benzene rings is 15. The predicted octanol–water partition coefficient (Wildman–Crippen LogP) is 20.1. The zero-order valence-electron chi connectivity index (χ0n) is 39.3. The molecule has 0 heterocycles. The van der Waals surface area contributed by atoms with Crippen LogP contribution in [0.25, 0.3) is 108 Å². The van der Waals surface area contributed by atoms with Gasteiger partial charge in [-0.2, -0.15) is 0 Å².